The Labute approximate surface area is 206 Å². The van der Waals surface area contributed by atoms with Crippen molar-refractivity contribution in [1.29, 1.82) is 0 Å². The maximum absolute atomic E-state index is 12.9. The molecule has 1 aromatic carbocycles. The molecule has 182 valence electrons. The first kappa shape index (κ1) is 24.6. The van der Waals surface area contributed by atoms with Crippen LogP contribution in [0.5, 0.6) is 0 Å². The van der Waals surface area contributed by atoms with Crippen molar-refractivity contribution >= 4 is 34.3 Å². The number of thiophene rings is 1. The number of amides is 1. The van der Waals surface area contributed by atoms with Crippen LogP contribution in [0.1, 0.15) is 53.1 Å². The van der Waals surface area contributed by atoms with Gasteiger partial charge in [-0.2, -0.15) is 0 Å². The number of fused-ring (bicyclic) bond motifs is 1. The average molecular weight is 482 g/mol. The van der Waals surface area contributed by atoms with Gasteiger partial charge in [-0.15, -0.1) is 11.3 Å². The van der Waals surface area contributed by atoms with Gasteiger partial charge in [0.25, 0.3) is 0 Å². The van der Waals surface area contributed by atoms with E-state index in [1.807, 2.05) is 32.0 Å². The summed E-state index contributed by atoms with van der Waals surface area (Å²) in [5, 5.41) is 3.70. The predicted octanol–water partition coefficient (Wildman–Crippen LogP) is 4.46. The van der Waals surface area contributed by atoms with E-state index in [-0.39, 0.29) is 18.0 Å². The van der Waals surface area contributed by atoms with E-state index in [1.54, 1.807) is 11.3 Å². The molecule has 1 aromatic heterocycles. The lowest BCUT2D eigenvalue weighted by molar-refractivity contribution is -0.117. The maximum Gasteiger partial charge on any atom is 0.341 e. The van der Waals surface area contributed by atoms with Gasteiger partial charge in [0.1, 0.15) is 5.00 Å². The summed E-state index contributed by atoms with van der Waals surface area (Å²) in [7, 11) is 0. The number of nitrogens with one attached hydrogen (secondary N) is 1. The molecule has 2 heterocycles. The van der Waals surface area contributed by atoms with Gasteiger partial charge >= 0.3 is 5.97 Å². The molecule has 1 fully saturated rings. The Bertz CT molecular complexity index is 1010. The number of esters is 1. The number of anilines is 1. The zero-order valence-corrected chi connectivity index (χ0v) is 21.0. The number of rotatable bonds is 8. The highest BCUT2D eigenvalue weighted by Gasteiger charge is 2.28. The van der Waals surface area contributed by atoms with Crippen LogP contribution in [0.15, 0.2) is 36.4 Å². The van der Waals surface area contributed by atoms with Crippen molar-refractivity contribution < 1.29 is 14.3 Å². The molecule has 7 heteroatoms. The second kappa shape index (κ2) is 11.8. The third-order valence-electron chi connectivity index (χ3n) is 6.28. The maximum atomic E-state index is 12.9. The fourth-order valence-electron chi connectivity index (χ4n) is 4.54. The predicted molar refractivity (Wildman–Crippen MR) is 138 cm³/mol. The summed E-state index contributed by atoms with van der Waals surface area (Å²) in [6, 6.07) is 10.3. The Morgan fingerprint density at radius 1 is 1.06 bits per heavy atom. The first-order valence-electron chi connectivity index (χ1n) is 12.3. The molecule has 1 saturated heterocycles. The van der Waals surface area contributed by atoms with Crippen LogP contribution in [0.25, 0.3) is 6.08 Å². The van der Waals surface area contributed by atoms with Gasteiger partial charge in [0.15, 0.2) is 0 Å². The summed E-state index contributed by atoms with van der Waals surface area (Å²) in [6.07, 6.45) is 8.22. The topological polar surface area (TPSA) is 61.9 Å². The average Bonchev–Trinajstić information content (AvgIpc) is 3.18. The Balaban J connectivity index is 1.29. The monoisotopic (exact) mass is 481 g/mol. The summed E-state index contributed by atoms with van der Waals surface area (Å²) < 4.78 is 5.50. The number of carbonyl (C=O) groups excluding carboxylic acids is 2. The first-order chi connectivity index (χ1) is 16.5. The fourth-order valence-corrected chi connectivity index (χ4v) is 5.84. The molecule has 0 unspecified atom stereocenters. The largest absolute Gasteiger partial charge is 0.459 e. The van der Waals surface area contributed by atoms with Gasteiger partial charge in [0, 0.05) is 37.6 Å². The van der Waals surface area contributed by atoms with Crippen molar-refractivity contribution in [3.05, 3.63) is 58.0 Å². The van der Waals surface area contributed by atoms with Gasteiger partial charge in [-0.3, -0.25) is 14.6 Å². The van der Waals surface area contributed by atoms with Gasteiger partial charge in [-0.05, 0) is 50.7 Å². The molecule has 4 rings (SSSR count). The molecule has 1 aliphatic carbocycles. The minimum atomic E-state index is -0.318. The fraction of sp³-hybridized carbons (Fsp3) is 0.481. The molecule has 0 saturated carbocycles. The third-order valence-corrected chi connectivity index (χ3v) is 7.48. The Hall–Kier alpha value is -2.48. The quantitative estimate of drug-likeness (QED) is 0.564. The zero-order valence-electron chi connectivity index (χ0n) is 20.2. The molecule has 1 N–H and O–H groups in total. The Morgan fingerprint density at radius 2 is 1.76 bits per heavy atom. The van der Waals surface area contributed by atoms with Crippen LogP contribution in [0.3, 0.4) is 0 Å². The standard InChI is InChI=1S/C27H35N3O3S/c1-20(2)33-27(32)25-22-12-6-7-13-23(22)34-26(25)28-24(31)19-30-17-15-29(16-18-30)14-8-11-21-9-4-3-5-10-21/h3-5,8-11,20H,6-7,12-19H2,1-2H3,(H,28,31)/b11-8+. The molecule has 0 radical (unpaired) electrons. The van der Waals surface area contributed by atoms with Crippen molar-refractivity contribution in [2.45, 2.75) is 45.6 Å². The van der Waals surface area contributed by atoms with Crippen LogP contribution < -0.4 is 5.32 Å². The van der Waals surface area contributed by atoms with E-state index in [0.717, 1.165) is 64.0 Å². The minimum Gasteiger partial charge on any atom is -0.459 e. The molecule has 0 bridgehead atoms. The van der Waals surface area contributed by atoms with Gasteiger partial charge < -0.3 is 10.1 Å². The van der Waals surface area contributed by atoms with E-state index in [1.165, 1.54) is 10.4 Å². The number of benzene rings is 1. The first-order valence-corrected chi connectivity index (χ1v) is 13.1. The van der Waals surface area contributed by atoms with Crippen molar-refractivity contribution in [1.82, 2.24) is 9.80 Å². The van der Waals surface area contributed by atoms with E-state index in [9.17, 15) is 9.59 Å². The normalized spacial score (nSPS) is 17.1. The summed E-state index contributed by atoms with van der Waals surface area (Å²) in [5.74, 6) is -0.378. The van der Waals surface area contributed by atoms with Crippen molar-refractivity contribution in [3.8, 4) is 0 Å². The van der Waals surface area contributed by atoms with Crippen LogP contribution in [0, 0.1) is 0 Å². The summed E-state index contributed by atoms with van der Waals surface area (Å²) in [4.78, 5) is 31.5. The number of aryl methyl sites for hydroxylation is 1. The summed E-state index contributed by atoms with van der Waals surface area (Å²) >= 11 is 1.55. The smallest absolute Gasteiger partial charge is 0.341 e. The Morgan fingerprint density at radius 3 is 2.50 bits per heavy atom. The summed E-state index contributed by atoms with van der Waals surface area (Å²) in [6.45, 7) is 8.55. The van der Waals surface area contributed by atoms with E-state index in [2.05, 4.69) is 39.4 Å². The molecule has 1 aliphatic heterocycles. The molecule has 2 aromatic rings. The highest BCUT2D eigenvalue weighted by atomic mass is 32.1. The molecule has 34 heavy (non-hydrogen) atoms. The second-order valence-electron chi connectivity index (χ2n) is 9.31. The molecule has 2 aliphatic rings. The van der Waals surface area contributed by atoms with Gasteiger partial charge in [0.05, 0.1) is 18.2 Å². The molecular weight excluding hydrogens is 446 g/mol. The number of carbonyl (C=O) groups is 2. The number of hydrogen-bond acceptors (Lipinski definition) is 6. The van der Waals surface area contributed by atoms with Crippen LogP contribution >= 0.6 is 11.3 Å². The van der Waals surface area contributed by atoms with Gasteiger partial charge in [-0.25, -0.2) is 4.79 Å². The summed E-state index contributed by atoms with van der Waals surface area (Å²) in [5.41, 5.74) is 2.87. The third kappa shape index (κ3) is 6.56. The number of hydrogen-bond donors (Lipinski definition) is 1. The highest BCUT2D eigenvalue weighted by Crippen LogP contribution is 2.38. The minimum absolute atomic E-state index is 0.0605. The van der Waals surface area contributed by atoms with Crippen molar-refractivity contribution in [2.75, 3.05) is 44.6 Å². The number of ether oxygens (including phenoxy) is 1. The SMILES string of the molecule is CC(C)OC(=O)c1c(NC(=O)CN2CCN(C/C=C/c3ccccc3)CC2)sc2c1CCCC2. The van der Waals surface area contributed by atoms with Crippen LogP contribution in [-0.4, -0.2) is 67.0 Å². The molecular formula is C27H35N3O3S. The molecule has 0 spiro atoms. The Kier molecular flexibility index (Phi) is 8.53. The zero-order chi connectivity index (χ0) is 23.9. The second-order valence-corrected chi connectivity index (χ2v) is 10.4. The van der Waals surface area contributed by atoms with Crippen LogP contribution in [0.2, 0.25) is 0 Å². The number of piperazine rings is 1. The van der Waals surface area contributed by atoms with Crippen LogP contribution in [0.4, 0.5) is 5.00 Å². The van der Waals surface area contributed by atoms with Gasteiger partial charge in [0.2, 0.25) is 5.91 Å². The lowest BCUT2D eigenvalue weighted by Gasteiger charge is -2.33. The molecule has 0 atom stereocenters. The van der Waals surface area contributed by atoms with Crippen LogP contribution in [-0.2, 0) is 22.4 Å². The number of nitrogens with zero attached hydrogens (tertiary/aromatic N) is 2. The van der Waals surface area contributed by atoms with Crippen molar-refractivity contribution in [3.63, 3.8) is 0 Å². The molecule has 1 amide bonds. The lowest BCUT2D eigenvalue weighted by atomic mass is 9.95. The van der Waals surface area contributed by atoms with E-state index < -0.39 is 0 Å². The van der Waals surface area contributed by atoms with E-state index in [0.29, 0.717) is 17.1 Å². The van der Waals surface area contributed by atoms with Crippen molar-refractivity contribution in [2.24, 2.45) is 0 Å². The van der Waals surface area contributed by atoms with E-state index in [4.69, 9.17) is 4.74 Å². The molecule has 6 nitrogen and oxygen atoms in total. The lowest BCUT2D eigenvalue weighted by Crippen LogP contribution is -2.48. The van der Waals surface area contributed by atoms with Gasteiger partial charge in [-0.1, -0.05) is 42.5 Å². The van der Waals surface area contributed by atoms with E-state index >= 15 is 0 Å². The highest BCUT2D eigenvalue weighted by molar-refractivity contribution is 7.17.